The molecule has 36 heavy (non-hydrogen) atoms. The maximum atomic E-state index is 12.6. The van der Waals surface area contributed by atoms with Crippen LogP contribution in [0.4, 0.5) is 11.5 Å². The summed E-state index contributed by atoms with van der Waals surface area (Å²) in [5.41, 5.74) is 9.05. The van der Waals surface area contributed by atoms with Gasteiger partial charge in [-0.3, -0.25) is 4.79 Å². The number of hydrogen-bond acceptors (Lipinski definition) is 6. The number of nitrogens with two attached hydrogens (primary N) is 1. The van der Waals surface area contributed by atoms with Crippen LogP contribution in [-0.2, 0) is 4.79 Å². The number of nitrogens with zero attached hydrogens (tertiary/aromatic N) is 2. The minimum Gasteiger partial charge on any atom is -0.424 e. The molecule has 7 nitrogen and oxygen atoms in total. The molecule has 0 bridgehead atoms. The average Bonchev–Trinajstić information content (AvgIpc) is 2.87. The highest BCUT2D eigenvalue weighted by atomic mass is 35.5. The van der Waals surface area contributed by atoms with Gasteiger partial charge in [0.05, 0.1) is 27.8 Å². The first-order valence-electron chi connectivity index (χ1n) is 10.9. The first-order chi connectivity index (χ1) is 17.4. The lowest BCUT2D eigenvalue weighted by Crippen LogP contribution is -2.22. The second kappa shape index (κ2) is 11.9. The molecule has 0 aliphatic rings. The van der Waals surface area contributed by atoms with Crippen LogP contribution >= 0.6 is 35.4 Å². The average molecular weight is 538 g/mol. The number of aromatic nitrogens is 2. The van der Waals surface area contributed by atoms with E-state index in [2.05, 4.69) is 20.8 Å². The first-order valence-corrected chi connectivity index (χ1v) is 12.0. The minimum atomic E-state index is -0.604. The summed E-state index contributed by atoms with van der Waals surface area (Å²) in [4.78, 5) is 12.6. The number of rotatable bonds is 7. The van der Waals surface area contributed by atoms with Gasteiger partial charge in [-0.05, 0) is 54.2 Å². The molecule has 0 radical (unpaired) electrons. The smallest absolute Gasteiger partial charge is 0.313 e. The van der Waals surface area contributed by atoms with Crippen molar-refractivity contribution in [2.75, 3.05) is 10.6 Å². The van der Waals surface area contributed by atoms with Crippen LogP contribution in [0.25, 0.3) is 11.3 Å². The molecule has 0 spiro atoms. The van der Waals surface area contributed by atoms with Crippen LogP contribution in [0.5, 0.6) is 5.75 Å². The fourth-order valence-electron chi connectivity index (χ4n) is 3.30. The highest BCUT2D eigenvalue weighted by Gasteiger charge is 2.16. The predicted molar refractivity (Wildman–Crippen MR) is 147 cm³/mol. The predicted octanol–water partition coefficient (Wildman–Crippen LogP) is 6.25. The van der Waals surface area contributed by atoms with Gasteiger partial charge in [-0.1, -0.05) is 71.7 Å². The number of anilines is 2. The van der Waals surface area contributed by atoms with Crippen LogP contribution < -0.4 is 21.1 Å². The Balaban J connectivity index is 1.36. The van der Waals surface area contributed by atoms with Crippen molar-refractivity contribution in [2.24, 2.45) is 5.73 Å². The normalized spacial score (nSPS) is 11.4. The van der Waals surface area contributed by atoms with E-state index in [-0.39, 0.29) is 11.5 Å². The quantitative estimate of drug-likeness (QED) is 0.144. The van der Waals surface area contributed by atoms with Crippen LogP contribution in [0, 0.1) is 0 Å². The zero-order valence-electron chi connectivity index (χ0n) is 18.8. The van der Waals surface area contributed by atoms with E-state index in [4.69, 9.17) is 45.9 Å². The van der Waals surface area contributed by atoms with E-state index in [1.54, 1.807) is 48.5 Å². The number of benzene rings is 3. The van der Waals surface area contributed by atoms with Crippen molar-refractivity contribution in [3.8, 4) is 17.0 Å². The Morgan fingerprint density at radius 2 is 1.67 bits per heavy atom. The van der Waals surface area contributed by atoms with Gasteiger partial charge in [0.2, 0.25) is 0 Å². The van der Waals surface area contributed by atoms with Crippen LogP contribution in [0.3, 0.4) is 0 Å². The van der Waals surface area contributed by atoms with Crippen molar-refractivity contribution in [1.82, 2.24) is 10.2 Å². The van der Waals surface area contributed by atoms with Crippen molar-refractivity contribution < 1.29 is 9.53 Å². The summed E-state index contributed by atoms with van der Waals surface area (Å²) in [6.45, 7) is 0. The Labute approximate surface area is 223 Å². The molecule has 4 N–H and O–H groups in total. The zero-order chi connectivity index (χ0) is 25.5. The molecular formula is C26H21Cl2N5O2S. The highest BCUT2D eigenvalue weighted by molar-refractivity contribution is 7.80. The van der Waals surface area contributed by atoms with Gasteiger partial charge in [-0.15, -0.1) is 10.2 Å². The Morgan fingerprint density at radius 3 is 2.39 bits per heavy atom. The van der Waals surface area contributed by atoms with Gasteiger partial charge in [0, 0.05) is 11.6 Å². The molecule has 1 heterocycles. The summed E-state index contributed by atoms with van der Waals surface area (Å²) in [5.74, 6) is 0.261. The van der Waals surface area contributed by atoms with E-state index < -0.39 is 12.0 Å². The fourth-order valence-corrected chi connectivity index (χ4v) is 3.82. The molecule has 10 heteroatoms. The van der Waals surface area contributed by atoms with Crippen molar-refractivity contribution in [1.29, 1.82) is 0 Å². The van der Waals surface area contributed by atoms with Gasteiger partial charge < -0.3 is 21.1 Å². The third-order valence-corrected chi connectivity index (χ3v) is 6.04. The number of thiocarbonyl (C=S) groups is 1. The molecule has 0 saturated heterocycles. The van der Waals surface area contributed by atoms with E-state index >= 15 is 0 Å². The summed E-state index contributed by atoms with van der Waals surface area (Å²) in [6, 6.07) is 24.7. The maximum absolute atomic E-state index is 12.6. The number of carbonyl (C=O) groups excluding carboxylic acids is 1. The SMILES string of the molecule is NC(CC(=O)Oc1ccccc1NC(=S)Nc1ccc(-c2ccccc2)nn1)c1ccc(Cl)c(Cl)c1. The number of nitrogens with one attached hydrogen (secondary N) is 2. The van der Waals surface area contributed by atoms with Gasteiger partial charge >= 0.3 is 5.97 Å². The van der Waals surface area contributed by atoms with Crippen molar-refractivity contribution in [3.63, 3.8) is 0 Å². The van der Waals surface area contributed by atoms with E-state index in [1.165, 1.54) is 0 Å². The second-order valence-corrected chi connectivity index (χ2v) is 8.93. The zero-order valence-corrected chi connectivity index (χ0v) is 21.1. The third-order valence-electron chi connectivity index (χ3n) is 5.09. The number of ether oxygens (including phenoxy) is 1. The Hall–Kier alpha value is -3.56. The number of hydrogen-bond donors (Lipinski definition) is 3. The molecular weight excluding hydrogens is 517 g/mol. The molecule has 1 unspecified atom stereocenters. The standard InChI is InChI=1S/C26H21Cl2N5O2S/c27-18-11-10-17(14-19(18)28)20(29)15-25(34)35-23-9-5-4-8-22(23)30-26(36)31-24-13-12-21(32-33-24)16-6-2-1-3-7-16/h1-14,20H,15,29H2,(H2,30,31,33,36). The van der Waals surface area contributed by atoms with Gasteiger partial charge in [0.25, 0.3) is 0 Å². The van der Waals surface area contributed by atoms with Crippen molar-refractivity contribution in [3.05, 3.63) is 101 Å². The number of carbonyl (C=O) groups is 1. The third kappa shape index (κ3) is 6.77. The molecule has 0 saturated carbocycles. The molecule has 1 atom stereocenters. The molecule has 4 rings (SSSR count). The molecule has 1 aromatic heterocycles. The van der Waals surface area contributed by atoms with E-state index in [9.17, 15) is 4.79 Å². The molecule has 4 aromatic rings. The van der Waals surface area contributed by atoms with Crippen LogP contribution in [0.1, 0.15) is 18.0 Å². The van der Waals surface area contributed by atoms with E-state index in [0.29, 0.717) is 32.9 Å². The largest absolute Gasteiger partial charge is 0.424 e. The molecule has 182 valence electrons. The monoisotopic (exact) mass is 537 g/mol. The van der Waals surface area contributed by atoms with Gasteiger partial charge in [-0.25, -0.2) is 0 Å². The molecule has 0 amide bonds. The molecule has 0 fully saturated rings. The highest BCUT2D eigenvalue weighted by Crippen LogP contribution is 2.28. The molecule has 3 aromatic carbocycles. The summed E-state index contributed by atoms with van der Waals surface area (Å²) in [7, 11) is 0. The first kappa shape index (κ1) is 25.5. The topological polar surface area (TPSA) is 102 Å². The van der Waals surface area contributed by atoms with Crippen molar-refractivity contribution >= 4 is 58.0 Å². The number of para-hydroxylation sites is 2. The summed E-state index contributed by atoms with van der Waals surface area (Å²) in [5, 5.41) is 15.4. The van der Waals surface area contributed by atoms with Crippen LogP contribution in [0.2, 0.25) is 10.0 Å². The number of halogens is 2. The second-order valence-electron chi connectivity index (χ2n) is 7.70. The Bertz CT molecular complexity index is 1370. The minimum absolute atomic E-state index is 0.0572. The Kier molecular flexibility index (Phi) is 8.45. The molecule has 0 aliphatic carbocycles. The summed E-state index contributed by atoms with van der Waals surface area (Å²) >= 11 is 17.4. The van der Waals surface area contributed by atoms with E-state index in [0.717, 1.165) is 11.3 Å². The van der Waals surface area contributed by atoms with Crippen LogP contribution in [0.15, 0.2) is 84.9 Å². The van der Waals surface area contributed by atoms with Gasteiger partial charge in [0.15, 0.2) is 16.7 Å². The Morgan fingerprint density at radius 1 is 0.917 bits per heavy atom. The maximum Gasteiger partial charge on any atom is 0.313 e. The lowest BCUT2D eigenvalue weighted by Gasteiger charge is -2.15. The summed E-state index contributed by atoms with van der Waals surface area (Å²) in [6.07, 6.45) is -0.0572. The molecule has 0 aliphatic heterocycles. The number of esters is 1. The van der Waals surface area contributed by atoms with Crippen LogP contribution in [-0.4, -0.2) is 21.3 Å². The van der Waals surface area contributed by atoms with Gasteiger partial charge in [0.1, 0.15) is 0 Å². The van der Waals surface area contributed by atoms with E-state index in [1.807, 2.05) is 36.4 Å². The van der Waals surface area contributed by atoms with Gasteiger partial charge in [-0.2, -0.15) is 0 Å². The lowest BCUT2D eigenvalue weighted by atomic mass is 10.1. The summed E-state index contributed by atoms with van der Waals surface area (Å²) < 4.78 is 5.55. The lowest BCUT2D eigenvalue weighted by molar-refractivity contribution is -0.134. The fraction of sp³-hybridized carbons (Fsp3) is 0.0769. The van der Waals surface area contributed by atoms with Crippen molar-refractivity contribution in [2.45, 2.75) is 12.5 Å².